The number of carbonyl (C=O) groups is 2. The minimum Gasteiger partial charge on any atom is -0.350 e. The summed E-state index contributed by atoms with van der Waals surface area (Å²) in [4.78, 5) is 28.0. The predicted molar refractivity (Wildman–Crippen MR) is 63.7 cm³/mol. The summed E-state index contributed by atoms with van der Waals surface area (Å²) in [7, 11) is 3.31. The Hall–Kier alpha value is -2.11. The molecule has 0 spiro atoms. The highest BCUT2D eigenvalue weighted by atomic mass is 16.2. The highest BCUT2D eigenvalue weighted by Gasteiger charge is 2.05. The average molecular weight is 236 g/mol. The Morgan fingerprint density at radius 1 is 1.29 bits per heavy atom. The fourth-order valence-electron chi connectivity index (χ4n) is 1.10. The Morgan fingerprint density at radius 3 is 2.59 bits per heavy atom. The van der Waals surface area contributed by atoms with Gasteiger partial charge in [-0.15, -0.1) is 0 Å². The van der Waals surface area contributed by atoms with Gasteiger partial charge in [-0.1, -0.05) is 0 Å². The van der Waals surface area contributed by atoms with E-state index in [1.165, 1.54) is 11.1 Å². The molecule has 1 aromatic heterocycles. The first-order valence-electron chi connectivity index (χ1n) is 5.24. The van der Waals surface area contributed by atoms with Crippen LogP contribution in [0.4, 0.5) is 4.79 Å². The lowest BCUT2D eigenvalue weighted by Gasteiger charge is -2.12. The number of nitrogens with zero attached hydrogens (tertiary/aromatic N) is 2. The van der Waals surface area contributed by atoms with Crippen LogP contribution in [0.5, 0.6) is 0 Å². The summed E-state index contributed by atoms with van der Waals surface area (Å²) in [5, 5.41) is 5.33. The maximum Gasteiger partial charge on any atom is 0.316 e. The number of rotatable bonds is 4. The van der Waals surface area contributed by atoms with E-state index in [4.69, 9.17) is 0 Å². The first kappa shape index (κ1) is 13.0. The van der Waals surface area contributed by atoms with Gasteiger partial charge in [0, 0.05) is 39.6 Å². The average Bonchev–Trinajstić information content (AvgIpc) is 2.35. The van der Waals surface area contributed by atoms with E-state index in [1.807, 2.05) is 0 Å². The molecule has 0 atom stereocenters. The van der Waals surface area contributed by atoms with Crippen LogP contribution in [-0.4, -0.2) is 49.0 Å². The van der Waals surface area contributed by atoms with Crippen molar-refractivity contribution in [1.82, 2.24) is 20.5 Å². The van der Waals surface area contributed by atoms with Crippen LogP contribution in [0.1, 0.15) is 10.4 Å². The molecule has 17 heavy (non-hydrogen) atoms. The molecule has 0 bridgehead atoms. The van der Waals surface area contributed by atoms with E-state index in [0.29, 0.717) is 18.7 Å². The van der Waals surface area contributed by atoms with Gasteiger partial charge in [-0.25, -0.2) is 4.79 Å². The van der Waals surface area contributed by atoms with E-state index < -0.39 is 0 Å². The molecule has 0 aliphatic carbocycles. The zero-order valence-electron chi connectivity index (χ0n) is 9.93. The topological polar surface area (TPSA) is 74.3 Å². The van der Waals surface area contributed by atoms with E-state index >= 15 is 0 Å². The van der Waals surface area contributed by atoms with Gasteiger partial charge in [0.05, 0.1) is 5.56 Å². The van der Waals surface area contributed by atoms with Crippen molar-refractivity contribution in [2.24, 2.45) is 0 Å². The highest BCUT2D eigenvalue weighted by Crippen LogP contribution is 1.94. The van der Waals surface area contributed by atoms with Crippen LogP contribution in [0.25, 0.3) is 0 Å². The van der Waals surface area contributed by atoms with Gasteiger partial charge >= 0.3 is 6.03 Å². The number of hydrogen-bond acceptors (Lipinski definition) is 3. The summed E-state index contributed by atoms with van der Waals surface area (Å²) in [5.41, 5.74) is 0.506. The Balaban J connectivity index is 2.24. The van der Waals surface area contributed by atoms with Crippen molar-refractivity contribution in [2.75, 3.05) is 27.2 Å². The quantitative estimate of drug-likeness (QED) is 0.727. The zero-order chi connectivity index (χ0) is 12.7. The molecule has 0 radical (unpaired) electrons. The summed E-state index contributed by atoms with van der Waals surface area (Å²) in [6.07, 6.45) is 3.10. The standard InChI is InChI=1S/C11H16N4O2/c1-15(2)11(17)14-7-6-13-10(16)9-4-3-5-12-8-9/h3-5,8H,6-7H2,1-2H3,(H,13,16)(H,14,17). The third-order valence-electron chi connectivity index (χ3n) is 2.02. The third-order valence-corrected chi connectivity index (χ3v) is 2.02. The third kappa shape index (κ3) is 4.50. The normalized spacial score (nSPS) is 9.53. The van der Waals surface area contributed by atoms with Gasteiger partial charge in [0.1, 0.15) is 0 Å². The van der Waals surface area contributed by atoms with E-state index in [1.54, 1.807) is 32.4 Å². The van der Waals surface area contributed by atoms with Gasteiger partial charge in [-0.2, -0.15) is 0 Å². The van der Waals surface area contributed by atoms with Gasteiger partial charge in [0.15, 0.2) is 0 Å². The van der Waals surface area contributed by atoms with Crippen molar-refractivity contribution in [3.8, 4) is 0 Å². The Morgan fingerprint density at radius 2 is 2.00 bits per heavy atom. The van der Waals surface area contributed by atoms with Gasteiger partial charge in [-0.3, -0.25) is 9.78 Å². The molecule has 0 unspecified atom stereocenters. The molecule has 6 heteroatoms. The fourth-order valence-corrected chi connectivity index (χ4v) is 1.10. The summed E-state index contributed by atoms with van der Waals surface area (Å²) in [5.74, 6) is -0.197. The number of nitrogens with one attached hydrogen (secondary N) is 2. The second-order valence-electron chi connectivity index (χ2n) is 3.62. The molecule has 3 amide bonds. The second-order valence-corrected chi connectivity index (χ2v) is 3.62. The van der Waals surface area contributed by atoms with Crippen LogP contribution in [0.3, 0.4) is 0 Å². The van der Waals surface area contributed by atoms with E-state index in [9.17, 15) is 9.59 Å². The van der Waals surface area contributed by atoms with Gasteiger partial charge in [-0.05, 0) is 12.1 Å². The van der Waals surface area contributed by atoms with Gasteiger partial charge in [0.25, 0.3) is 5.91 Å². The molecule has 0 fully saturated rings. The number of hydrogen-bond donors (Lipinski definition) is 2. The van der Waals surface area contributed by atoms with E-state index in [-0.39, 0.29) is 11.9 Å². The molecule has 6 nitrogen and oxygen atoms in total. The Labute approximate surface area is 100 Å². The largest absolute Gasteiger partial charge is 0.350 e. The molecule has 0 aliphatic rings. The smallest absolute Gasteiger partial charge is 0.316 e. The van der Waals surface area contributed by atoms with Crippen molar-refractivity contribution < 1.29 is 9.59 Å². The summed E-state index contributed by atoms with van der Waals surface area (Å²) < 4.78 is 0. The molecular weight excluding hydrogens is 220 g/mol. The zero-order valence-corrected chi connectivity index (χ0v) is 9.93. The van der Waals surface area contributed by atoms with Crippen molar-refractivity contribution in [2.45, 2.75) is 0 Å². The minimum atomic E-state index is -0.197. The molecule has 1 aromatic rings. The van der Waals surface area contributed by atoms with Crippen LogP contribution in [0.2, 0.25) is 0 Å². The molecule has 0 aliphatic heterocycles. The first-order chi connectivity index (χ1) is 8.11. The number of carbonyl (C=O) groups excluding carboxylic acids is 2. The molecule has 1 rings (SSSR count). The lowest BCUT2D eigenvalue weighted by molar-refractivity contribution is 0.0953. The first-order valence-corrected chi connectivity index (χ1v) is 5.24. The minimum absolute atomic E-state index is 0.180. The SMILES string of the molecule is CN(C)C(=O)NCCNC(=O)c1cccnc1. The molecule has 92 valence electrons. The Kier molecular flexibility index (Phi) is 4.93. The van der Waals surface area contributed by atoms with Crippen molar-refractivity contribution in [3.63, 3.8) is 0 Å². The maximum atomic E-state index is 11.5. The van der Waals surface area contributed by atoms with Crippen molar-refractivity contribution in [3.05, 3.63) is 30.1 Å². The van der Waals surface area contributed by atoms with Crippen LogP contribution >= 0.6 is 0 Å². The Bertz CT molecular complexity index is 378. The van der Waals surface area contributed by atoms with Gasteiger partial charge < -0.3 is 15.5 Å². The summed E-state index contributed by atoms with van der Waals surface area (Å²) >= 11 is 0. The number of pyridine rings is 1. The number of urea groups is 1. The molecule has 1 heterocycles. The van der Waals surface area contributed by atoms with Crippen LogP contribution in [0.15, 0.2) is 24.5 Å². The van der Waals surface area contributed by atoms with Gasteiger partial charge in [0.2, 0.25) is 0 Å². The molecule has 0 saturated heterocycles. The summed E-state index contributed by atoms with van der Waals surface area (Å²) in [6.45, 7) is 0.774. The van der Waals surface area contributed by atoms with Crippen LogP contribution in [0, 0.1) is 0 Å². The van der Waals surface area contributed by atoms with Crippen LogP contribution in [-0.2, 0) is 0 Å². The second kappa shape index (κ2) is 6.47. The highest BCUT2D eigenvalue weighted by molar-refractivity contribution is 5.93. The van der Waals surface area contributed by atoms with Crippen molar-refractivity contribution in [1.29, 1.82) is 0 Å². The summed E-state index contributed by atoms with van der Waals surface area (Å²) in [6, 6.07) is 3.20. The lowest BCUT2D eigenvalue weighted by atomic mass is 10.3. The molecule has 2 N–H and O–H groups in total. The van der Waals surface area contributed by atoms with Crippen molar-refractivity contribution >= 4 is 11.9 Å². The molecule has 0 saturated carbocycles. The number of amides is 3. The maximum absolute atomic E-state index is 11.5. The monoisotopic (exact) mass is 236 g/mol. The van der Waals surface area contributed by atoms with Crippen LogP contribution < -0.4 is 10.6 Å². The van der Waals surface area contributed by atoms with E-state index in [0.717, 1.165) is 0 Å². The molecule has 0 aromatic carbocycles. The fraction of sp³-hybridized carbons (Fsp3) is 0.364. The lowest BCUT2D eigenvalue weighted by Crippen LogP contribution is -2.39. The van der Waals surface area contributed by atoms with E-state index in [2.05, 4.69) is 15.6 Å². The predicted octanol–water partition coefficient (Wildman–Crippen LogP) is 0.0826. The molecular formula is C11H16N4O2. The number of aromatic nitrogens is 1.